The van der Waals surface area contributed by atoms with Gasteiger partial charge in [-0.05, 0) is 43.6 Å². The summed E-state index contributed by atoms with van der Waals surface area (Å²) in [6.45, 7) is 0.432. The van der Waals surface area contributed by atoms with Gasteiger partial charge in [0, 0.05) is 17.3 Å². The zero-order valence-electron chi connectivity index (χ0n) is 17.7. The smallest absolute Gasteiger partial charge is 0.246 e. The Morgan fingerprint density at radius 2 is 1.83 bits per heavy atom. The molecule has 1 atom stereocenters. The van der Waals surface area contributed by atoms with Gasteiger partial charge in [-0.2, -0.15) is 0 Å². The Kier molecular flexibility index (Phi) is 6.76. The molecule has 1 aromatic rings. The molecule has 0 unspecified atom stereocenters. The van der Waals surface area contributed by atoms with Crippen LogP contribution >= 0.6 is 11.3 Å². The van der Waals surface area contributed by atoms with Gasteiger partial charge in [0.05, 0.1) is 6.54 Å². The SMILES string of the molecule is O=C1CC[C@H](C(=O)N(Cc2cccs2)C2(C(=O)NC3CCCCC3)CCCCC2)N1. The van der Waals surface area contributed by atoms with Gasteiger partial charge in [0.2, 0.25) is 17.7 Å². The third-order valence-corrected chi connectivity index (χ3v) is 7.88. The van der Waals surface area contributed by atoms with Crippen molar-refractivity contribution >= 4 is 29.1 Å². The van der Waals surface area contributed by atoms with E-state index in [0.717, 1.165) is 49.8 Å². The molecular formula is C23H33N3O3S. The van der Waals surface area contributed by atoms with E-state index in [4.69, 9.17) is 0 Å². The number of carbonyl (C=O) groups is 3. The normalized spacial score (nSPS) is 24.3. The van der Waals surface area contributed by atoms with Gasteiger partial charge in [-0.3, -0.25) is 14.4 Å². The van der Waals surface area contributed by atoms with Crippen molar-refractivity contribution in [3.63, 3.8) is 0 Å². The quantitative estimate of drug-likeness (QED) is 0.724. The van der Waals surface area contributed by atoms with Gasteiger partial charge in [-0.25, -0.2) is 0 Å². The van der Waals surface area contributed by atoms with Crippen molar-refractivity contribution in [3.05, 3.63) is 22.4 Å². The molecule has 0 radical (unpaired) electrons. The lowest BCUT2D eigenvalue weighted by molar-refractivity contribution is -0.153. The summed E-state index contributed by atoms with van der Waals surface area (Å²) in [5.41, 5.74) is -0.815. The number of nitrogens with zero attached hydrogens (tertiary/aromatic N) is 1. The number of hydrogen-bond donors (Lipinski definition) is 2. The van der Waals surface area contributed by atoms with Crippen LogP contribution in [0.2, 0.25) is 0 Å². The lowest BCUT2D eigenvalue weighted by Gasteiger charge is -2.46. The van der Waals surface area contributed by atoms with Crippen LogP contribution in [0.25, 0.3) is 0 Å². The van der Waals surface area contributed by atoms with E-state index < -0.39 is 11.6 Å². The Hall–Kier alpha value is -1.89. The molecule has 2 heterocycles. The molecule has 0 aromatic carbocycles. The van der Waals surface area contributed by atoms with Crippen molar-refractivity contribution in [1.29, 1.82) is 0 Å². The van der Waals surface area contributed by atoms with Crippen LogP contribution in [0.15, 0.2) is 17.5 Å². The van der Waals surface area contributed by atoms with E-state index >= 15 is 0 Å². The summed E-state index contributed by atoms with van der Waals surface area (Å²) in [5.74, 6) is -0.160. The molecule has 6 nitrogen and oxygen atoms in total. The van der Waals surface area contributed by atoms with Crippen LogP contribution in [0, 0.1) is 0 Å². The molecule has 2 aliphatic carbocycles. The maximum atomic E-state index is 13.8. The summed E-state index contributed by atoms with van der Waals surface area (Å²) < 4.78 is 0. The van der Waals surface area contributed by atoms with Crippen molar-refractivity contribution in [3.8, 4) is 0 Å². The van der Waals surface area contributed by atoms with E-state index in [1.54, 1.807) is 11.3 Å². The zero-order valence-corrected chi connectivity index (χ0v) is 18.5. The van der Waals surface area contributed by atoms with E-state index in [0.29, 0.717) is 32.2 Å². The van der Waals surface area contributed by atoms with E-state index in [-0.39, 0.29) is 23.8 Å². The van der Waals surface area contributed by atoms with Crippen LogP contribution in [0.1, 0.15) is 81.9 Å². The molecule has 164 valence electrons. The van der Waals surface area contributed by atoms with Gasteiger partial charge in [-0.1, -0.05) is 44.6 Å². The summed E-state index contributed by atoms with van der Waals surface area (Å²) in [4.78, 5) is 42.1. The van der Waals surface area contributed by atoms with E-state index in [1.165, 1.54) is 6.42 Å². The minimum Gasteiger partial charge on any atom is -0.351 e. The first-order chi connectivity index (χ1) is 14.6. The maximum absolute atomic E-state index is 13.8. The molecule has 3 fully saturated rings. The lowest BCUT2D eigenvalue weighted by atomic mass is 9.78. The average Bonchev–Trinajstić information content (AvgIpc) is 3.44. The van der Waals surface area contributed by atoms with Crippen molar-refractivity contribution < 1.29 is 14.4 Å². The van der Waals surface area contributed by atoms with E-state index in [2.05, 4.69) is 10.6 Å². The van der Waals surface area contributed by atoms with Crippen LogP contribution in [0.5, 0.6) is 0 Å². The summed E-state index contributed by atoms with van der Waals surface area (Å²) in [6, 6.07) is 3.71. The molecule has 4 rings (SSSR count). The highest BCUT2D eigenvalue weighted by Crippen LogP contribution is 2.37. The standard InChI is InChI=1S/C23H33N3O3S/c27-20-12-11-19(25-20)21(28)26(16-18-10-7-15-30-18)23(13-5-2-6-14-23)22(29)24-17-8-3-1-4-9-17/h7,10,15,17,19H,1-6,8-9,11-14,16H2,(H,24,29)(H,25,27)/t19-/m1/s1. The molecule has 1 saturated heterocycles. The number of nitrogens with one attached hydrogen (secondary N) is 2. The molecule has 1 aromatic heterocycles. The monoisotopic (exact) mass is 431 g/mol. The van der Waals surface area contributed by atoms with Crippen molar-refractivity contribution in [2.45, 2.75) is 101 Å². The van der Waals surface area contributed by atoms with Crippen LogP contribution < -0.4 is 10.6 Å². The Morgan fingerprint density at radius 3 is 2.47 bits per heavy atom. The Balaban J connectivity index is 1.62. The second-order valence-corrected chi connectivity index (χ2v) is 10.1. The number of amides is 3. The number of rotatable bonds is 6. The molecule has 3 amide bonds. The van der Waals surface area contributed by atoms with Gasteiger partial charge in [0.25, 0.3) is 0 Å². The fourth-order valence-corrected chi connectivity index (χ4v) is 6.00. The fourth-order valence-electron chi connectivity index (χ4n) is 5.31. The van der Waals surface area contributed by atoms with Crippen molar-refractivity contribution in [2.75, 3.05) is 0 Å². The number of carbonyl (C=O) groups excluding carboxylic acids is 3. The van der Waals surface area contributed by atoms with Crippen molar-refractivity contribution in [1.82, 2.24) is 15.5 Å². The van der Waals surface area contributed by atoms with Gasteiger partial charge >= 0.3 is 0 Å². The highest BCUT2D eigenvalue weighted by atomic mass is 32.1. The first-order valence-corrected chi connectivity index (χ1v) is 12.4. The Bertz CT molecular complexity index is 752. The molecule has 2 N–H and O–H groups in total. The highest BCUT2D eigenvalue weighted by molar-refractivity contribution is 7.09. The minimum atomic E-state index is -0.815. The maximum Gasteiger partial charge on any atom is 0.246 e. The van der Waals surface area contributed by atoms with Crippen molar-refractivity contribution in [2.24, 2.45) is 0 Å². The highest BCUT2D eigenvalue weighted by Gasteiger charge is 2.49. The fraction of sp³-hybridized carbons (Fsp3) is 0.696. The van der Waals surface area contributed by atoms with Crippen LogP contribution in [0.4, 0.5) is 0 Å². The third kappa shape index (κ3) is 4.56. The van der Waals surface area contributed by atoms with Gasteiger partial charge in [0.15, 0.2) is 0 Å². The molecule has 0 bridgehead atoms. The molecule has 1 aliphatic heterocycles. The topological polar surface area (TPSA) is 78.5 Å². The van der Waals surface area contributed by atoms with Crippen LogP contribution in [-0.2, 0) is 20.9 Å². The zero-order chi connectivity index (χ0) is 21.0. The van der Waals surface area contributed by atoms with Crippen LogP contribution in [0.3, 0.4) is 0 Å². The molecule has 30 heavy (non-hydrogen) atoms. The molecule has 3 aliphatic rings. The summed E-state index contributed by atoms with van der Waals surface area (Å²) in [6.07, 6.45) is 10.9. The van der Waals surface area contributed by atoms with Gasteiger partial charge < -0.3 is 15.5 Å². The predicted octanol–water partition coefficient (Wildman–Crippen LogP) is 3.51. The average molecular weight is 432 g/mol. The minimum absolute atomic E-state index is 0.0170. The van der Waals surface area contributed by atoms with Gasteiger partial charge in [0.1, 0.15) is 11.6 Å². The largest absolute Gasteiger partial charge is 0.351 e. The van der Waals surface area contributed by atoms with E-state index in [9.17, 15) is 14.4 Å². The Morgan fingerprint density at radius 1 is 1.10 bits per heavy atom. The Labute approximate surface area is 182 Å². The third-order valence-electron chi connectivity index (χ3n) is 7.01. The molecular weight excluding hydrogens is 398 g/mol. The number of thiophene rings is 1. The van der Waals surface area contributed by atoms with Crippen LogP contribution in [-0.4, -0.2) is 40.2 Å². The van der Waals surface area contributed by atoms with E-state index in [1.807, 2.05) is 22.4 Å². The summed E-state index contributed by atoms with van der Waals surface area (Å²) in [5, 5.41) is 8.16. The first kappa shape index (κ1) is 21.3. The number of hydrogen-bond acceptors (Lipinski definition) is 4. The second kappa shape index (κ2) is 9.50. The molecule has 2 saturated carbocycles. The predicted molar refractivity (Wildman–Crippen MR) is 117 cm³/mol. The second-order valence-electron chi connectivity index (χ2n) is 9.06. The lowest BCUT2D eigenvalue weighted by Crippen LogP contribution is -2.64. The first-order valence-electron chi connectivity index (χ1n) is 11.5. The molecule has 0 spiro atoms. The summed E-state index contributed by atoms with van der Waals surface area (Å²) in [7, 11) is 0. The summed E-state index contributed by atoms with van der Waals surface area (Å²) >= 11 is 1.61. The van der Waals surface area contributed by atoms with Gasteiger partial charge in [-0.15, -0.1) is 11.3 Å². The molecule has 7 heteroatoms.